The van der Waals surface area contributed by atoms with E-state index >= 15 is 0 Å². The van der Waals surface area contributed by atoms with Gasteiger partial charge in [-0.25, -0.2) is 4.39 Å². The fourth-order valence-electron chi connectivity index (χ4n) is 1.65. The average molecular weight is 296 g/mol. The van der Waals surface area contributed by atoms with E-state index in [1.54, 1.807) is 0 Å². The lowest BCUT2D eigenvalue weighted by atomic mass is 10.2. The van der Waals surface area contributed by atoms with Gasteiger partial charge in [0.2, 0.25) is 0 Å². The molecule has 0 unspecified atom stereocenters. The minimum absolute atomic E-state index is 0.0769. The minimum atomic E-state index is -2.94. The van der Waals surface area contributed by atoms with E-state index < -0.39 is 18.3 Å². The molecule has 0 radical (unpaired) electrons. The number of benzene rings is 2. The van der Waals surface area contributed by atoms with E-state index in [1.807, 2.05) is 0 Å². The summed E-state index contributed by atoms with van der Waals surface area (Å²) in [7, 11) is 0. The molecular weight excluding hydrogens is 285 g/mol. The Bertz CT molecular complexity index is 625. The Morgan fingerprint density at radius 1 is 1.14 bits per heavy atom. The number of carbonyl (C=O) groups is 1. The first-order valence-electron chi connectivity index (χ1n) is 5.87. The van der Waals surface area contributed by atoms with E-state index in [0.29, 0.717) is 0 Å². The van der Waals surface area contributed by atoms with Crippen LogP contribution in [0.5, 0.6) is 5.75 Å². The predicted molar refractivity (Wildman–Crippen MR) is 71.8 cm³/mol. The molecular formula is C14H11F3N2O2. The van der Waals surface area contributed by atoms with Crippen molar-refractivity contribution < 1.29 is 22.7 Å². The Labute approximate surface area is 118 Å². The van der Waals surface area contributed by atoms with Gasteiger partial charge in [-0.1, -0.05) is 6.07 Å². The van der Waals surface area contributed by atoms with Crippen LogP contribution in [0.4, 0.5) is 24.5 Å². The molecule has 0 saturated carbocycles. The Morgan fingerprint density at radius 2 is 1.81 bits per heavy atom. The monoisotopic (exact) mass is 296 g/mol. The van der Waals surface area contributed by atoms with Crippen molar-refractivity contribution in [1.29, 1.82) is 0 Å². The molecule has 110 valence electrons. The Morgan fingerprint density at radius 3 is 2.38 bits per heavy atom. The molecule has 0 fully saturated rings. The molecule has 2 rings (SSSR count). The number of nitrogen functional groups attached to an aromatic ring is 1. The fourth-order valence-corrected chi connectivity index (χ4v) is 1.65. The van der Waals surface area contributed by atoms with Gasteiger partial charge >= 0.3 is 6.61 Å². The highest BCUT2D eigenvalue weighted by Crippen LogP contribution is 2.23. The normalized spacial score (nSPS) is 10.5. The summed E-state index contributed by atoms with van der Waals surface area (Å²) in [5, 5.41) is 2.33. The number of nitrogens with two attached hydrogens (primary N) is 1. The van der Waals surface area contributed by atoms with Gasteiger partial charge in [0.05, 0.1) is 5.69 Å². The van der Waals surface area contributed by atoms with Crippen molar-refractivity contribution in [2.24, 2.45) is 0 Å². The molecule has 2 aromatic carbocycles. The van der Waals surface area contributed by atoms with Gasteiger partial charge in [0.1, 0.15) is 17.3 Å². The van der Waals surface area contributed by atoms with Crippen LogP contribution in [0.2, 0.25) is 0 Å². The van der Waals surface area contributed by atoms with E-state index in [0.717, 1.165) is 6.07 Å². The third-order valence-electron chi connectivity index (χ3n) is 2.63. The van der Waals surface area contributed by atoms with Crippen LogP contribution < -0.4 is 15.8 Å². The molecule has 0 saturated heterocycles. The highest BCUT2D eigenvalue weighted by atomic mass is 19.3. The number of anilines is 2. The molecule has 3 N–H and O–H groups in total. The molecule has 0 aliphatic carbocycles. The summed E-state index contributed by atoms with van der Waals surface area (Å²) in [6, 6.07) is 9.01. The molecule has 2 aromatic rings. The molecule has 21 heavy (non-hydrogen) atoms. The topological polar surface area (TPSA) is 64.3 Å². The van der Waals surface area contributed by atoms with Crippen LogP contribution in [0.1, 0.15) is 10.4 Å². The summed E-state index contributed by atoms with van der Waals surface area (Å²) in [4.78, 5) is 11.9. The van der Waals surface area contributed by atoms with Crippen molar-refractivity contribution in [2.75, 3.05) is 11.1 Å². The summed E-state index contributed by atoms with van der Waals surface area (Å²) in [5.74, 6) is -1.36. The lowest BCUT2D eigenvalue weighted by molar-refractivity contribution is -0.0498. The first-order chi connectivity index (χ1) is 9.97. The van der Waals surface area contributed by atoms with Crippen LogP contribution in [-0.2, 0) is 0 Å². The molecule has 0 aliphatic rings. The molecule has 0 atom stereocenters. The maximum absolute atomic E-state index is 13.5. The lowest BCUT2D eigenvalue weighted by Crippen LogP contribution is -2.14. The van der Waals surface area contributed by atoms with E-state index in [-0.39, 0.29) is 22.7 Å². The van der Waals surface area contributed by atoms with E-state index in [4.69, 9.17) is 5.73 Å². The van der Waals surface area contributed by atoms with Gasteiger partial charge in [0.25, 0.3) is 5.91 Å². The number of rotatable bonds is 4. The number of ether oxygens (including phenoxy) is 1. The summed E-state index contributed by atoms with van der Waals surface area (Å²) in [6.45, 7) is -2.94. The van der Waals surface area contributed by atoms with Gasteiger partial charge in [-0.3, -0.25) is 4.79 Å². The molecule has 4 nitrogen and oxygen atoms in total. The van der Waals surface area contributed by atoms with Gasteiger partial charge in [-0.15, -0.1) is 0 Å². The largest absolute Gasteiger partial charge is 0.435 e. The van der Waals surface area contributed by atoms with Crippen molar-refractivity contribution in [1.82, 2.24) is 0 Å². The van der Waals surface area contributed by atoms with Crippen LogP contribution in [-0.4, -0.2) is 12.5 Å². The van der Waals surface area contributed by atoms with Crippen LogP contribution in [0, 0.1) is 5.82 Å². The number of halogens is 3. The number of hydrogen-bond donors (Lipinski definition) is 2. The lowest BCUT2D eigenvalue weighted by Gasteiger charge is -2.09. The SMILES string of the molecule is Nc1cccc(F)c1NC(=O)c1ccc(OC(F)F)cc1. The van der Waals surface area contributed by atoms with Gasteiger partial charge in [-0.2, -0.15) is 8.78 Å². The summed E-state index contributed by atoms with van der Waals surface area (Å²) in [5.41, 5.74) is 5.68. The highest BCUT2D eigenvalue weighted by Gasteiger charge is 2.12. The standard InChI is InChI=1S/C14H11F3N2O2/c15-10-2-1-3-11(18)12(10)19-13(20)8-4-6-9(7-5-8)21-14(16)17/h1-7,14H,18H2,(H,19,20). The van der Waals surface area contributed by atoms with Gasteiger partial charge in [-0.05, 0) is 36.4 Å². The predicted octanol–water partition coefficient (Wildman–Crippen LogP) is 3.26. The molecule has 1 amide bonds. The zero-order chi connectivity index (χ0) is 15.4. The van der Waals surface area contributed by atoms with Crippen molar-refractivity contribution in [2.45, 2.75) is 6.61 Å². The third kappa shape index (κ3) is 3.65. The molecule has 0 spiro atoms. The summed E-state index contributed by atoms with van der Waals surface area (Å²) < 4.78 is 41.7. The second-order valence-corrected chi connectivity index (χ2v) is 4.06. The molecule has 0 bridgehead atoms. The van der Waals surface area contributed by atoms with Crippen LogP contribution in [0.3, 0.4) is 0 Å². The second-order valence-electron chi connectivity index (χ2n) is 4.06. The van der Waals surface area contributed by atoms with Gasteiger partial charge in [0.15, 0.2) is 0 Å². The van der Waals surface area contributed by atoms with E-state index in [9.17, 15) is 18.0 Å². The average Bonchev–Trinajstić information content (AvgIpc) is 2.43. The molecule has 0 aliphatic heterocycles. The van der Waals surface area contributed by atoms with Crippen molar-refractivity contribution in [3.05, 3.63) is 53.8 Å². The van der Waals surface area contributed by atoms with Crippen molar-refractivity contribution in [3.63, 3.8) is 0 Å². The minimum Gasteiger partial charge on any atom is -0.435 e. The zero-order valence-corrected chi connectivity index (χ0v) is 10.6. The maximum Gasteiger partial charge on any atom is 0.387 e. The fraction of sp³-hybridized carbons (Fsp3) is 0.0714. The maximum atomic E-state index is 13.5. The summed E-state index contributed by atoms with van der Waals surface area (Å²) >= 11 is 0. The first kappa shape index (κ1) is 14.7. The smallest absolute Gasteiger partial charge is 0.387 e. The Balaban J connectivity index is 2.13. The first-order valence-corrected chi connectivity index (χ1v) is 5.87. The van der Waals surface area contributed by atoms with Crippen LogP contribution >= 0.6 is 0 Å². The molecule has 7 heteroatoms. The van der Waals surface area contributed by atoms with E-state index in [2.05, 4.69) is 10.1 Å². The van der Waals surface area contributed by atoms with Gasteiger partial charge < -0.3 is 15.8 Å². The van der Waals surface area contributed by atoms with Gasteiger partial charge in [0, 0.05) is 5.56 Å². The summed E-state index contributed by atoms with van der Waals surface area (Å²) in [6.07, 6.45) is 0. The van der Waals surface area contributed by atoms with Crippen molar-refractivity contribution in [3.8, 4) is 5.75 Å². The van der Waals surface area contributed by atoms with E-state index in [1.165, 1.54) is 36.4 Å². The number of nitrogens with one attached hydrogen (secondary N) is 1. The number of carbonyl (C=O) groups excluding carboxylic acids is 1. The quantitative estimate of drug-likeness (QED) is 0.851. The zero-order valence-electron chi connectivity index (χ0n) is 10.6. The molecule has 0 aromatic heterocycles. The molecule has 0 heterocycles. The Hall–Kier alpha value is -2.70. The highest BCUT2D eigenvalue weighted by molar-refractivity contribution is 6.05. The second kappa shape index (κ2) is 6.17. The van der Waals surface area contributed by atoms with Crippen LogP contribution in [0.25, 0.3) is 0 Å². The number of hydrogen-bond acceptors (Lipinski definition) is 3. The number of para-hydroxylation sites is 1. The number of amides is 1. The Kier molecular flexibility index (Phi) is 4.32. The third-order valence-corrected chi connectivity index (χ3v) is 2.63. The van der Waals surface area contributed by atoms with Crippen molar-refractivity contribution >= 4 is 17.3 Å². The number of alkyl halides is 2. The van der Waals surface area contributed by atoms with Crippen LogP contribution in [0.15, 0.2) is 42.5 Å².